The minimum Gasteiger partial charge on any atom is -0.365 e. The highest BCUT2D eigenvalue weighted by Gasteiger charge is 2.34. The molecule has 2 unspecified atom stereocenters. The molecule has 1 rings (SSSR count). The van der Waals surface area contributed by atoms with Crippen LogP contribution >= 0.6 is 0 Å². The predicted octanol–water partition coefficient (Wildman–Crippen LogP) is 1.31. The lowest BCUT2D eigenvalue weighted by atomic mass is 10.2. The summed E-state index contributed by atoms with van der Waals surface area (Å²) in [6, 6.07) is 0. The van der Waals surface area contributed by atoms with Crippen molar-refractivity contribution in [1.82, 2.24) is 0 Å². The zero-order chi connectivity index (χ0) is 7.40. The SMILES string of the molecule is CCCC1OC1/C=C/C=O. The van der Waals surface area contributed by atoms with Gasteiger partial charge in [0, 0.05) is 0 Å². The van der Waals surface area contributed by atoms with Crippen molar-refractivity contribution in [2.45, 2.75) is 32.0 Å². The summed E-state index contributed by atoms with van der Waals surface area (Å²) in [4.78, 5) is 9.86. The molecule has 10 heavy (non-hydrogen) atoms. The molecule has 1 saturated heterocycles. The van der Waals surface area contributed by atoms with Crippen LogP contribution in [0.4, 0.5) is 0 Å². The van der Waals surface area contributed by atoms with Crippen LogP contribution in [-0.4, -0.2) is 18.5 Å². The summed E-state index contributed by atoms with van der Waals surface area (Å²) in [6.07, 6.45) is 6.97. The van der Waals surface area contributed by atoms with Gasteiger partial charge in [0.25, 0.3) is 0 Å². The summed E-state index contributed by atoms with van der Waals surface area (Å²) in [5.74, 6) is 0. The van der Waals surface area contributed by atoms with Crippen molar-refractivity contribution < 1.29 is 9.53 Å². The molecule has 0 radical (unpaired) electrons. The molecule has 1 aliphatic heterocycles. The van der Waals surface area contributed by atoms with Crippen molar-refractivity contribution in [3.63, 3.8) is 0 Å². The molecule has 56 valence electrons. The van der Waals surface area contributed by atoms with Crippen LogP contribution in [0.1, 0.15) is 19.8 Å². The molecule has 0 amide bonds. The van der Waals surface area contributed by atoms with Crippen molar-refractivity contribution in [3.8, 4) is 0 Å². The highest BCUT2D eigenvalue weighted by atomic mass is 16.6. The molecule has 0 aromatic heterocycles. The number of hydrogen-bond donors (Lipinski definition) is 0. The van der Waals surface area contributed by atoms with E-state index in [0.717, 1.165) is 19.1 Å². The van der Waals surface area contributed by atoms with E-state index in [2.05, 4.69) is 6.92 Å². The Labute approximate surface area is 60.9 Å². The zero-order valence-electron chi connectivity index (χ0n) is 6.12. The van der Waals surface area contributed by atoms with Gasteiger partial charge in [0.15, 0.2) is 0 Å². The first-order valence-electron chi connectivity index (χ1n) is 3.66. The standard InChI is InChI=1S/C8H12O2/c1-2-4-7-8(10-7)5-3-6-9/h3,5-8H,2,4H2,1H3/b5-3+. The van der Waals surface area contributed by atoms with E-state index in [1.165, 1.54) is 6.08 Å². The van der Waals surface area contributed by atoms with Gasteiger partial charge in [-0.2, -0.15) is 0 Å². The van der Waals surface area contributed by atoms with Crippen LogP contribution in [0.3, 0.4) is 0 Å². The second-order valence-electron chi connectivity index (χ2n) is 2.45. The Morgan fingerprint density at radius 3 is 3.00 bits per heavy atom. The average molecular weight is 140 g/mol. The van der Waals surface area contributed by atoms with Gasteiger partial charge in [-0.05, 0) is 12.5 Å². The van der Waals surface area contributed by atoms with Crippen molar-refractivity contribution in [2.24, 2.45) is 0 Å². The van der Waals surface area contributed by atoms with E-state index in [-0.39, 0.29) is 6.10 Å². The maximum atomic E-state index is 9.86. The van der Waals surface area contributed by atoms with Crippen LogP contribution in [0.5, 0.6) is 0 Å². The lowest BCUT2D eigenvalue weighted by molar-refractivity contribution is -0.104. The Balaban J connectivity index is 2.12. The molecule has 1 fully saturated rings. The Morgan fingerprint density at radius 2 is 2.40 bits per heavy atom. The van der Waals surface area contributed by atoms with Gasteiger partial charge >= 0.3 is 0 Å². The van der Waals surface area contributed by atoms with E-state index in [9.17, 15) is 4.79 Å². The number of carbonyl (C=O) groups is 1. The molecule has 0 N–H and O–H groups in total. The summed E-state index contributed by atoms with van der Waals surface area (Å²) in [6.45, 7) is 2.13. The van der Waals surface area contributed by atoms with Crippen molar-refractivity contribution in [2.75, 3.05) is 0 Å². The minimum absolute atomic E-state index is 0.227. The first-order chi connectivity index (χ1) is 4.88. The first kappa shape index (κ1) is 7.48. The quantitative estimate of drug-likeness (QED) is 0.335. The molecule has 2 nitrogen and oxygen atoms in total. The zero-order valence-corrected chi connectivity index (χ0v) is 6.12. The van der Waals surface area contributed by atoms with Gasteiger partial charge < -0.3 is 4.74 Å². The minimum atomic E-state index is 0.227. The largest absolute Gasteiger partial charge is 0.365 e. The summed E-state index contributed by atoms with van der Waals surface area (Å²) >= 11 is 0. The molecule has 0 bridgehead atoms. The van der Waals surface area contributed by atoms with Gasteiger partial charge in [0.05, 0.1) is 6.10 Å². The molecule has 1 aliphatic rings. The highest BCUT2D eigenvalue weighted by molar-refractivity contribution is 5.64. The van der Waals surface area contributed by atoms with Gasteiger partial charge in [-0.15, -0.1) is 0 Å². The smallest absolute Gasteiger partial charge is 0.142 e. The third-order valence-electron chi connectivity index (χ3n) is 1.57. The first-order valence-corrected chi connectivity index (χ1v) is 3.66. The van der Waals surface area contributed by atoms with E-state index in [0.29, 0.717) is 6.10 Å². The second kappa shape index (κ2) is 3.52. The average Bonchev–Trinajstić information content (AvgIpc) is 2.65. The Morgan fingerprint density at radius 1 is 1.60 bits per heavy atom. The number of rotatable bonds is 4. The molecule has 0 aliphatic carbocycles. The fourth-order valence-electron chi connectivity index (χ4n) is 0.997. The topological polar surface area (TPSA) is 29.6 Å². The van der Waals surface area contributed by atoms with Crippen LogP contribution in [0.25, 0.3) is 0 Å². The third kappa shape index (κ3) is 1.95. The van der Waals surface area contributed by atoms with E-state index in [1.54, 1.807) is 0 Å². The number of allylic oxidation sites excluding steroid dienone is 1. The van der Waals surface area contributed by atoms with Gasteiger partial charge in [0.1, 0.15) is 12.4 Å². The van der Waals surface area contributed by atoms with Gasteiger partial charge in [-0.3, -0.25) is 4.79 Å². The molecule has 0 saturated carbocycles. The molecular weight excluding hydrogens is 128 g/mol. The van der Waals surface area contributed by atoms with Crippen LogP contribution in [-0.2, 0) is 9.53 Å². The summed E-state index contributed by atoms with van der Waals surface area (Å²) in [5.41, 5.74) is 0. The fraction of sp³-hybridized carbons (Fsp3) is 0.625. The van der Waals surface area contributed by atoms with Crippen molar-refractivity contribution in [3.05, 3.63) is 12.2 Å². The normalized spacial score (nSPS) is 30.9. The van der Waals surface area contributed by atoms with Crippen LogP contribution < -0.4 is 0 Å². The summed E-state index contributed by atoms with van der Waals surface area (Å²) in [5, 5.41) is 0. The molecular formula is C8H12O2. The van der Waals surface area contributed by atoms with Crippen LogP contribution in [0.15, 0.2) is 12.2 Å². The molecule has 0 aromatic rings. The molecule has 2 heteroatoms. The Bertz CT molecular complexity index is 140. The number of ether oxygens (including phenoxy) is 1. The van der Waals surface area contributed by atoms with Gasteiger partial charge in [0.2, 0.25) is 0 Å². The van der Waals surface area contributed by atoms with E-state index < -0.39 is 0 Å². The third-order valence-corrected chi connectivity index (χ3v) is 1.57. The lowest BCUT2D eigenvalue weighted by Gasteiger charge is -1.82. The summed E-state index contributed by atoms with van der Waals surface area (Å²) < 4.78 is 5.21. The number of carbonyl (C=O) groups excluding carboxylic acids is 1. The number of aldehydes is 1. The maximum Gasteiger partial charge on any atom is 0.142 e. The van der Waals surface area contributed by atoms with E-state index in [4.69, 9.17) is 4.74 Å². The molecule has 1 heterocycles. The molecule has 0 aromatic carbocycles. The monoisotopic (exact) mass is 140 g/mol. The second-order valence-corrected chi connectivity index (χ2v) is 2.45. The fourth-order valence-corrected chi connectivity index (χ4v) is 0.997. The van der Waals surface area contributed by atoms with E-state index in [1.807, 2.05) is 6.08 Å². The molecule has 0 spiro atoms. The van der Waals surface area contributed by atoms with Crippen molar-refractivity contribution >= 4 is 6.29 Å². The van der Waals surface area contributed by atoms with Crippen molar-refractivity contribution in [1.29, 1.82) is 0 Å². The Hall–Kier alpha value is -0.630. The predicted molar refractivity (Wildman–Crippen MR) is 38.8 cm³/mol. The maximum absolute atomic E-state index is 9.86. The van der Waals surface area contributed by atoms with E-state index >= 15 is 0 Å². The molecule has 2 atom stereocenters. The van der Waals surface area contributed by atoms with Crippen LogP contribution in [0, 0.1) is 0 Å². The van der Waals surface area contributed by atoms with Gasteiger partial charge in [-0.25, -0.2) is 0 Å². The number of epoxide rings is 1. The number of hydrogen-bond acceptors (Lipinski definition) is 2. The highest BCUT2D eigenvalue weighted by Crippen LogP contribution is 2.27. The Kier molecular flexibility index (Phi) is 2.63. The summed E-state index contributed by atoms with van der Waals surface area (Å²) in [7, 11) is 0. The lowest BCUT2D eigenvalue weighted by Crippen LogP contribution is -1.88. The van der Waals surface area contributed by atoms with Gasteiger partial charge in [-0.1, -0.05) is 19.4 Å². The van der Waals surface area contributed by atoms with Crippen LogP contribution in [0.2, 0.25) is 0 Å².